The highest BCUT2D eigenvalue weighted by atomic mass is 32.2. The van der Waals surface area contributed by atoms with Crippen LogP contribution in [0.4, 0.5) is 4.79 Å². The third-order valence-corrected chi connectivity index (χ3v) is 12.4. The van der Waals surface area contributed by atoms with Crippen molar-refractivity contribution >= 4 is 28.1 Å². The average Bonchev–Trinajstić information content (AvgIpc) is 3.63. The number of amides is 1. The number of hydrogen-bond acceptors (Lipinski definition) is 5. The van der Waals surface area contributed by atoms with Crippen molar-refractivity contribution in [3.63, 3.8) is 0 Å². The number of rotatable bonds is 11. The monoisotopic (exact) mass is 653 g/mol. The molecule has 4 aromatic rings. The Morgan fingerprint density at radius 2 is 1.30 bits per heavy atom. The maximum Gasteiger partial charge on any atom is 0.410 e. The summed E-state index contributed by atoms with van der Waals surface area (Å²) in [6.45, 7) is 5.53. The fourth-order valence-corrected chi connectivity index (χ4v) is 10.0. The van der Waals surface area contributed by atoms with Gasteiger partial charge in [-0.15, -0.1) is 11.8 Å². The van der Waals surface area contributed by atoms with E-state index in [2.05, 4.69) is 79.4 Å². The molecule has 7 nitrogen and oxygen atoms in total. The van der Waals surface area contributed by atoms with Gasteiger partial charge in [-0.3, -0.25) is 0 Å². The van der Waals surface area contributed by atoms with Crippen LogP contribution in [0.15, 0.2) is 134 Å². The normalized spacial score (nSPS) is 20.0. The van der Waals surface area contributed by atoms with E-state index in [1.54, 1.807) is 11.0 Å². The molecule has 0 N–H and O–H groups in total. The third kappa shape index (κ3) is 6.64. The van der Waals surface area contributed by atoms with E-state index in [1.165, 1.54) is 8.61 Å². The van der Waals surface area contributed by atoms with Gasteiger partial charge in [0.25, 0.3) is 10.2 Å². The summed E-state index contributed by atoms with van der Waals surface area (Å²) >= 11 is 1.82. The van der Waals surface area contributed by atoms with Gasteiger partial charge in [-0.1, -0.05) is 134 Å². The van der Waals surface area contributed by atoms with Crippen LogP contribution in [-0.4, -0.2) is 72.1 Å². The van der Waals surface area contributed by atoms with Crippen LogP contribution >= 0.6 is 11.8 Å². The fourth-order valence-electron chi connectivity index (χ4n) is 6.53. The SMILES string of the molecule is C=CCOC(=O)N1C[C@@H](SC(c2ccccc2)(c2ccccc2)c2ccccc2)C[C@H]1CN1CCN(Cc2ccccc2)S1(=O)=O. The second kappa shape index (κ2) is 14.3. The molecule has 6 rings (SSSR count). The number of nitrogens with zero attached hydrogens (tertiary/aromatic N) is 3. The van der Waals surface area contributed by atoms with Gasteiger partial charge in [0.05, 0.1) is 10.8 Å². The molecule has 0 aliphatic carbocycles. The van der Waals surface area contributed by atoms with Crippen molar-refractivity contribution in [2.24, 2.45) is 0 Å². The van der Waals surface area contributed by atoms with Gasteiger partial charge in [-0.25, -0.2) is 4.79 Å². The Morgan fingerprint density at radius 3 is 1.83 bits per heavy atom. The fraction of sp³-hybridized carbons (Fsp3) is 0.270. The molecular weight excluding hydrogens is 615 g/mol. The Hall–Kier alpha value is -3.89. The molecule has 0 bridgehead atoms. The maximum atomic E-state index is 13.7. The summed E-state index contributed by atoms with van der Waals surface area (Å²) in [5.74, 6) is 0. The Morgan fingerprint density at radius 1 is 0.804 bits per heavy atom. The molecule has 0 aromatic heterocycles. The van der Waals surface area contributed by atoms with E-state index in [-0.39, 0.29) is 24.4 Å². The van der Waals surface area contributed by atoms with Gasteiger partial charge in [0.2, 0.25) is 0 Å². The van der Waals surface area contributed by atoms with Crippen molar-refractivity contribution < 1.29 is 17.9 Å². The summed E-state index contributed by atoms with van der Waals surface area (Å²) in [5.41, 5.74) is 4.36. The summed E-state index contributed by atoms with van der Waals surface area (Å²) in [4.78, 5) is 15.2. The number of hydrogen-bond donors (Lipinski definition) is 0. The lowest BCUT2D eigenvalue weighted by atomic mass is 9.84. The maximum absolute atomic E-state index is 13.7. The number of likely N-dealkylation sites (tertiary alicyclic amines) is 1. The zero-order valence-corrected chi connectivity index (χ0v) is 27.4. The van der Waals surface area contributed by atoms with E-state index >= 15 is 0 Å². The molecule has 2 fully saturated rings. The predicted molar refractivity (Wildman–Crippen MR) is 185 cm³/mol. The molecule has 4 aromatic carbocycles. The largest absolute Gasteiger partial charge is 0.445 e. The Balaban J connectivity index is 1.31. The number of thioether (sulfide) groups is 1. The smallest absolute Gasteiger partial charge is 0.410 e. The topological polar surface area (TPSA) is 70.2 Å². The molecule has 238 valence electrons. The van der Waals surface area contributed by atoms with Gasteiger partial charge in [-0.2, -0.15) is 17.0 Å². The van der Waals surface area contributed by atoms with E-state index in [1.807, 2.05) is 60.3 Å². The predicted octanol–water partition coefficient (Wildman–Crippen LogP) is 6.54. The number of benzene rings is 4. The molecule has 0 saturated carbocycles. The van der Waals surface area contributed by atoms with Crippen LogP contribution in [0.1, 0.15) is 28.7 Å². The zero-order chi connectivity index (χ0) is 32.0. The third-order valence-electron chi connectivity index (χ3n) is 8.69. The van der Waals surface area contributed by atoms with Gasteiger partial charge >= 0.3 is 6.09 Å². The van der Waals surface area contributed by atoms with Crippen LogP contribution in [0.2, 0.25) is 0 Å². The summed E-state index contributed by atoms with van der Waals surface area (Å²) in [6, 6.07) is 40.7. The Labute approximate surface area is 276 Å². The molecule has 2 heterocycles. The first-order chi connectivity index (χ1) is 22.4. The summed E-state index contributed by atoms with van der Waals surface area (Å²) in [5, 5.41) is -0.00683. The molecule has 2 aliphatic heterocycles. The molecule has 1 amide bonds. The highest BCUT2D eigenvalue weighted by molar-refractivity contribution is 8.01. The van der Waals surface area contributed by atoms with E-state index in [0.717, 1.165) is 22.3 Å². The van der Waals surface area contributed by atoms with Gasteiger partial charge in [0, 0.05) is 38.0 Å². The van der Waals surface area contributed by atoms with E-state index in [4.69, 9.17) is 4.74 Å². The van der Waals surface area contributed by atoms with Crippen LogP contribution in [0, 0.1) is 0 Å². The van der Waals surface area contributed by atoms with Crippen molar-refractivity contribution in [2.75, 3.05) is 32.8 Å². The van der Waals surface area contributed by atoms with Crippen molar-refractivity contribution in [3.8, 4) is 0 Å². The second-order valence-corrected chi connectivity index (χ2v) is 15.1. The van der Waals surface area contributed by atoms with Crippen LogP contribution in [0.5, 0.6) is 0 Å². The van der Waals surface area contributed by atoms with Gasteiger partial charge in [0.15, 0.2) is 0 Å². The van der Waals surface area contributed by atoms with Gasteiger partial charge < -0.3 is 9.64 Å². The Bertz CT molecular complexity index is 1610. The molecule has 2 saturated heterocycles. The number of ether oxygens (including phenoxy) is 1. The first-order valence-corrected chi connectivity index (χ1v) is 17.9. The van der Waals surface area contributed by atoms with Crippen molar-refractivity contribution in [2.45, 2.75) is 29.0 Å². The summed E-state index contributed by atoms with van der Waals surface area (Å²) in [7, 11) is -3.70. The van der Waals surface area contributed by atoms with Gasteiger partial charge in [0.1, 0.15) is 6.61 Å². The number of carbonyl (C=O) groups excluding carboxylic acids is 1. The zero-order valence-electron chi connectivity index (χ0n) is 25.7. The van der Waals surface area contributed by atoms with Crippen LogP contribution in [-0.2, 0) is 26.2 Å². The molecule has 9 heteroatoms. The highest BCUT2D eigenvalue weighted by Gasteiger charge is 2.47. The Kier molecular flexibility index (Phi) is 9.94. The van der Waals surface area contributed by atoms with Crippen LogP contribution < -0.4 is 0 Å². The van der Waals surface area contributed by atoms with Gasteiger partial charge in [-0.05, 0) is 28.7 Å². The molecule has 0 radical (unpaired) electrons. The highest BCUT2D eigenvalue weighted by Crippen LogP contribution is 2.52. The van der Waals surface area contributed by atoms with Crippen molar-refractivity contribution in [1.82, 2.24) is 13.5 Å². The molecule has 2 atom stereocenters. The molecule has 2 aliphatic rings. The number of carbonyl (C=O) groups is 1. The van der Waals surface area contributed by atoms with E-state index in [0.29, 0.717) is 32.6 Å². The van der Waals surface area contributed by atoms with Crippen molar-refractivity contribution in [3.05, 3.63) is 156 Å². The first-order valence-electron chi connectivity index (χ1n) is 15.6. The molecular formula is C37H39N3O4S2. The minimum absolute atomic E-state index is 0.00683. The summed E-state index contributed by atoms with van der Waals surface area (Å²) in [6.07, 6.45) is 1.72. The molecule has 0 spiro atoms. The quantitative estimate of drug-likeness (QED) is 0.136. The van der Waals surface area contributed by atoms with E-state index < -0.39 is 21.0 Å². The minimum Gasteiger partial charge on any atom is -0.445 e. The lowest BCUT2D eigenvalue weighted by Crippen LogP contribution is -2.45. The minimum atomic E-state index is -3.70. The molecule has 0 unspecified atom stereocenters. The standard InChI is InChI=1S/C37H39N3O4S2/c1-2-25-44-36(41)40-29-35(26-34(40)28-39-24-23-38(46(39,42)43)27-30-15-7-3-8-16-30)45-37(31-17-9-4-10-18-31,32-19-11-5-12-20-32)33-21-13-6-14-22-33/h2-22,34-35H,1,23-29H2/t34-,35-/m0/s1. The van der Waals surface area contributed by atoms with Crippen molar-refractivity contribution in [1.29, 1.82) is 0 Å². The van der Waals surface area contributed by atoms with Crippen LogP contribution in [0.3, 0.4) is 0 Å². The molecule has 46 heavy (non-hydrogen) atoms. The summed E-state index contributed by atoms with van der Waals surface area (Å²) < 4.78 is 35.4. The van der Waals surface area contributed by atoms with E-state index in [9.17, 15) is 13.2 Å². The lowest BCUT2D eigenvalue weighted by molar-refractivity contribution is 0.104. The first kappa shape index (κ1) is 32.1. The lowest BCUT2D eigenvalue weighted by Gasteiger charge is -2.37. The average molecular weight is 654 g/mol. The van der Waals surface area contributed by atoms with Crippen LogP contribution in [0.25, 0.3) is 0 Å². The second-order valence-electron chi connectivity index (χ2n) is 11.6.